The summed E-state index contributed by atoms with van der Waals surface area (Å²) >= 11 is 0. The Bertz CT molecular complexity index is 588. The average Bonchev–Trinajstić information content (AvgIpc) is 2.45. The standard InChI is InChI=1S/C17H25N3O/c1-12(2)20(13(3)4)9-10-21-16-6-5-14-11-19-8-7-15(14)17(16)18/h5-8,11-13H,9-10,18H2,1-4H3. The molecule has 0 aliphatic carbocycles. The van der Waals surface area contributed by atoms with E-state index in [0.29, 0.717) is 24.4 Å². The van der Waals surface area contributed by atoms with E-state index in [9.17, 15) is 0 Å². The third kappa shape index (κ3) is 3.64. The van der Waals surface area contributed by atoms with Crippen molar-refractivity contribution in [3.63, 3.8) is 0 Å². The molecule has 0 unspecified atom stereocenters. The van der Waals surface area contributed by atoms with Gasteiger partial charge in [-0.15, -0.1) is 0 Å². The molecule has 0 saturated heterocycles. The normalized spacial score (nSPS) is 11.8. The molecule has 21 heavy (non-hydrogen) atoms. The van der Waals surface area contributed by atoms with Crippen molar-refractivity contribution >= 4 is 16.5 Å². The lowest BCUT2D eigenvalue weighted by atomic mass is 10.1. The lowest BCUT2D eigenvalue weighted by Gasteiger charge is -2.30. The molecule has 4 nitrogen and oxygen atoms in total. The number of aromatic nitrogens is 1. The highest BCUT2D eigenvalue weighted by Crippen LogP contribution is 2.29. The molecular formula is C17H25N3O. The van der Waals surface area contributed by atoms with Crippen molar-refractivity contribution in [2.75, 3.05) is 18.9 Å². The van der Waals surface area contributed by atoms with Gasteiger partial charge in [0.15, 0.2) is 0 Å². The minimum Gasteiger partial charge on any atom is -0.490 e. The van der Waals surface area contributed by atoms with E-state index in [1.807, 2.05) is 24.4 Å². The third-order valence-electron chi connectivity index (χ3n) is 3.76. The number of fused-ring (bicyclic) bond motifs is 1. The van der Waals surface area contributed by atoms with Gasteiger partial charge >= 0.3 is 0 Å². The SMILES string of the molecule is CC(C)N(CCOc1ccc2cnccc2c1N)C(C)C. The number of nitrogen functional groups attached to an aromatic ring is 1. The van der Waals surface area contributed by atoms with Crippen molar-refractivity contribution < 1.29 is 4.74 Å². The topological polar surface area (TPSA) is 51.4 Å². The summed E-state index contributed by atoms with van der Waals surface area (Å²) in [7, 11) is 0. The van der Waals surface area contributed by atoms with Crippen molar-refractivity contribution in [2.24, 2.45) is 0 Å². The largest absolute Gasteiger partial charge is 0.490 e. The van der Waals surface area contributed by atoms with E-state index < -0.39 is 0 Å². The van der Waals surface area contributed by atoms with Crippen LogP contribution in [0.2, 0.25) is 0 Å². The molecule has 0 aliphatic rings. The van der Waals surface area contributed by atoms with Gasteiger partial charge in [-0.25, -0.2) is 0 Å². The van der Waals surface area contributed by atoms with Crippen LogP contribution in [-0.2, 0) is 0 Å². The summed E-state index contributed by atoms with van der Waals surface area (Å²) in [6.07, 6.45) is 3.57. The number of nitrogens with two attached hydrogens (primary N) is 1. The molecule has 0 amide bonds. The van der Waals surface area contributed by atoms with Gasteiger partial charge in [0.1, 0.15) is 12.4 Å². The molecule has 1 aromatic heterocycles. The molecule has 2 rings (SSSR count). The van der Waals surface area contributed by atoms with Gasteiger partial charge in [-0.05, 0) is 45.9 Å². The van der Waals surface area contributed by atoms with Gasteiger partial charge in [0.2, 0.25) is 0 Å². The molecule has 0 radical (unpaired) electrons. The van der Waals surface area contributed by atoms with Crippen LogP contribution in [-0.4, -0.2) is 35.1 Å². The zero-order valence-electron chi connectivity index (χ0n) is 13.3. The molecule has 2 aromatic rings. The summed E-state index contributed by atoms with van der Waals surface area (Å²) in [5.74, 6) is 0.751. The van der Waals surface area contributed by atoms with Crippen molar-refractivity contribution in [3.05, 3.63) is 30.6 Å². The van der Waals surface area contributed by atoms with Crippen LogP contribution in [0.5, 0.6) is 5.75 Å². The van der Waals surface area contributed by atoms with E-state index >= 15 is 0 Å². The Morgan fingerprint density at radius 3 is 2.52 bits per heavy atom. The Morgan fingerprint density at radius 2 is 1.86 bits per heavy atom. The van der Waals surface area contributed by atoms with E-state index in [1.165, 1.54) is 0 Å². The maximum atomic E-state index is 6.19. The first-order valence-corrected chi connectivity index (χ1v) is 7.51. The fourth-order valence-corrected chi connectivity index (χ4v) is 2.67. The molecule has 0 atom stereocenters. The van der Waals surface area contributed by atoms with Gasteiger partial charge < -0.3 is 10.5 Å². The Hall–Kier alpha value is -1.81. The maximum absolute atomic E-state index is 6.19. The summed E-state index contributed by atoms with van der Waals surface area (Å²) in [5, 5.41) is 2.03. The second-order valence-corrected chi connectivity index (χ2v) is 5.85. The molecule has 0 fully saturated rings. The molecule has 114 valence electrons. The number of rotatable bonds is 6. The number of nitrogens with zero attached hydrogens (tertiary/aromatic N) is 2. The smallest absolute Gasteiger partial charge is 0.142 e. The molecular weight excluding hydrogens is 262 g/mol. The second-order valence-electron chi connectivity index (χ2n) is 5.85. The number of benzene rings is 1. The Balaban J connectivity index is 2.05. The first kappa shape index (κ1) is 15.6. The van der Waals surface area contributed by atoms with Crippen LogP contribution >= 0.6 is 0 Å². The number of hydrogen-bond donors (Lipinski definition) is 1. The van der Waals surface area contributed by atoms with Crippen LogP contribution in [0, 0.1) is 0 Å². The number of anilines is 1. The number of hydrogen-bond acceptors (Lipinski definition) is 4. The predicted octanol–water partition coefficient (Wildman–Crippen LogP) is 3.31. The van der Waals surface area contributed by atoms with Gasteiger partial charge in [-0.3, -0.25) is 9.88 Å². The number of ether oxygens (including phenoxy) is 1. The van der Waals surface area contributed by atoms with Crippen LogP contribution in [0.15, 0.2) is 30.6 Å². The third-order valence-corrected chi connectivity index (χ3v) is 3.76. The molecule has 1 aromatic carbocycles. The van der Waals surface area contributed by atoms with Crippen molar-refractivity contribution in [2.45, 2.75) is 39.8 Å². The first-order chi connectivity index (χ1) is 10.0. The van der Waals surface area contributed by atoms with E-state index in [1.54, 1.807) is 6.20 Å². The molecule has 4 heteroatoms. The van der Waals surface area contributed by atoms with Gasteiger partial charge in [0.25, 0.3) is 0 Å². The fourth-order valence-electron chi connectivity index (χ4n) is 2.67. The fraction of sp³-hybridized carbons (Fsp3) is 0.471. The summed E-state index contributed by atoms with van der Waals surface area (Å²) in [4.78, 5) is 6.51. The minimum absolute atomic E-state index is 0.508. The van der Waals surface area contributed by atoms with Crippen molar-refractivity contribution in [1.29, 1.82) is 0 Å². The highest BCUT2D eigenvalue weighted by atomic mass is 16.5. The first-order valence-electron chi connectivity index (χ1n) is 7.51. The summed E-state index contributed by atoms with van der Waals surface area (Å²) in [6.45, 7) is 10.4. The highest BCUT2D eigenvalue weighted by Gasteiger charge is 2.13. The zero-order chi connectivity index (χ0) is 15.4. The quantitative estimate of drug-likeness (QED) is 0.828. The highest BCUT2D eigenvalue weighted by molar-refractivity contribution is 5.95. The Kier molecular flexibility index (Phi) is 5.02. The molecule has 0 saturated carbocycles. The van der Waals surface area contributed by atoms with Crippen LogP contribution in [0.25, 0.3) is 10.8 Å². The van der Waals surface area contributed by atoms with Gasteiger partial charge in [-0.1, -0.05) is 0 Å². The average molecular weight is 287 g/mol. The second kappa shape index (κ2) is 6.76. The Labute approximate surface area is 126 Å². The van der Waals surface area contributed by atoms with E-state index in [2.05, 4.69) is 37.6 Å². The Morgan fingerprint density at radius 1 is 1.14 bits per heavy atom. The van der Waals surface area contributed by atoms with E-state index in [-0.39, 0.29) is 0 Å². The summed E-state index contributed by atoms with van der Waals surface area (Å²) in [6, 6.07) is 6.86. The molecule has 0 spiro atoms. The van der Waals surface area contributed by atoms with Crippen molar-refractivity contribution in [3.8, 4) is 5.75 Å². The lowest BCUT2D eigenvalue weighted by molar-refractivity contribution is 0.142. The van der Waals surface area contributed by atoms with Crippen molar-refractivity contribution in [1.82, 2.24) is 9.88 Å². The van der Waals surface area contributed by atoms with Gasteiger partial charge in [-0.2, -0.15) is 0 Å². The van der Waals surface area contributed by atoms with Gasteiger partial charge in [0, 0.05) is 41.8 Å². The van der Waals surface area contributed by atoms with E-state index in [0.717, 1.165) is 23.1 Å². The summed E-state index contributed by atoms with van der Waals surface area (Å²) in [5.41, 5.74) is 6.88. The van der Waals surface area contributed by atoms with Crippen LogP contribution in [0.3, 0.4) is 0 Å². The maximum Gasteiger partial charge on any atom is 0.142 e. The monoisotopic (exact) mass is 287 g/mol. The lowest BCUT2D eigenvalue weighted by Crippen LogP contribution is -2.39. The zero-order valence-corrected chi connectivity index (χ0v) is 13.3. The predicted molar refractivity (Wildman–Crippen MR) is 88.6 cm³/mol. The molecule has 1 heterocycles. The summed E-state index contributed by atoms with van der Waals surface area (Å²) < 4.78 is 5.89. The molecule has 2 N–H and O–H groups in total. The van der Waals surface area contributed by atoms with Gasteiger partial charge in [0.05, 0.1) is 5.69 Å². The van der Waals surface area contributed by atoms with Crippen LogP contribution in [0.4, 0.5) is 5.69 Å². The minimum atomic E-state index is 0.508. The van der Waals surface area contributed by atoms with Crippen LogP contribution in [0.1, 0.15) is 27.7 Å². The molecule has 0 bridgehead atoms. The molecule has 0 aliphatic heterocycles. The number of pyridine rings is 1. The van der Waals surface area contributed by atoms with Crippen LogP contribution < -0.4 is 10.5 Å². The van der Waals surface area contributed by atoms with E-state index in [4.69, 9.17) is 10.5 Å².